The predicted molar refractivity (Wildman–Crippen MR) is 121 cm³/mol. The predicted octanol–water partition coefficient (Wildman–Crippen LogP) is 5.74. The van der Waals surface area contributed by atoms with Crippen molar-refractivity contribution in [1.82, 2.24) is 9.97 Å². The van der Waals surface area contributed by atoms with Crippen molar-refractivity contribution in [3.8, 4) is 0 Å². The van der Waals surface area contributed by atoms with Gasteiger partial charge >= 0.3 is 0 Å². The lowest BCUT2D eigenvalue weighted by molar-refractivity contribution is 0.626. The smallest absolute Gasteiger partial charge is 0.293 e. The Bertz CT molecular complexity index is 1430. The molecule has 0 spiro atoms. The van der Waals surface area contributed by atoms with Gasteiger partial charge in [0.2, 0.25) is 0 Å². The largest absolute Gasteiger partial charge is 0.424 e. The standard InChI is InChI=1S/2C12H10N2O/c1-7-6-10-11(14-12(13)15-10)9-5-3-2-4-8(7)9;1-7-6-10-11(15-12(13)14-10)9-5-3-2-4-8(7)9/h2*2-6H,1H3,(H2,13,14). The number of benzene rings is 4. The van der Waals surface area contributed by atoms with E-state index in [1.54, 1.807) is 0 Å². The molecule has 0 saturated heterocycles. The van der Waals surface area contributed by atoms with Gasteiger partial charge in [0.25, 0.3) is 12.0 Å². The first kappa shape index (κ1) is 18.0. The van der Waals surface area contributed by atoms with Crippen molar-refractivity contribution in [3.63, 3.8) is 0 Å². The number of anilines is 2. The van der Waals surface area contributed by atoms with Gasteiger partial charge in [0, 0.05) is 10.8 Å². The van der Waals surface area contributed by atoms with Gasteiger partial charge in [0.05, 0.1) is 0 Å². The molecule has 2 aromatic heterocycles. The molecule has 0 atom stereocenters. The van der Waals surface area contributed by atoms with E-state index in [4.69, 9.17) is 20.3 Å². The van der Waals surface area contributed by atoms with E-state index in [1.165, 1.54) is 21.9 Å². The van der Waals surface area contributed by atoms with Crippen molar-refractivity contribution in [2.75, 3.05) is 11.5 Å². The lowest BCUT2D eigenvalue weighted by Crippen LogP contribution is -1.82. The molecule has 6 nitrogen and oxygen atoms in total. The number of nitrogen functional groups attached to an aromatic ring is 2. The quantitative estimate of drug-likeness (QED) is 0.339. The van der Waals surface area contributed by atoms with Gasteiger partial charge in [-0.25, -0.2) is 0 Å². The minimum absolute atomic E-state index is 0.223. The molecule has 0 aliphatic carbocycles. The summed E-state index contributed by atoms with van der Waals surface area (Å²) in [5.41, 5.74) is 16.7. The van der Waals surface area contributed by atoms with E-state index in [0.717, 1.165) is 33.0 Å². The lowest BCUT2D eigenvalue weighted by Gasteiger charge is -2.00. The first-order valence-corrected chi connectivity index (χ1v) is 9.60. The topological polar surface area (TPSA) is 104 Å². The molecule has 0 unspecified atom stereocenters. The van der Waals surface area contributed by atoms with Crippen molar-refractivity contribution in [1.29, 1.82) is 0 Å². The number of nitrogens with zero attached hydrogens (tertiary/aromatic N) is 2. The summed E-state index contributed by atoms with van der Waals surface area (Å²) in [4.78, 5) is 8.33. The maximum absolute atomic E-state index is 5.55. The Hall–Kier alpha value is -4.06. The van der Waals surface area contributed by atoms with Crippen LogP contribution in [0.15, 0.2) is 69.5 Å². The molecule has 0 bridgehead atoms. The molecule has 6 heteroatoms. The van der Waals surface area contributed by atoms with E-state index in [2.05, 4.69) is 35.9 Å². The van der Waals surface area contributed by atoms with Crippen molar-refractivity contribution in [3.05, 3.63) is 71.8 Å². The van der Waals surface area contributed by atoms with E-state index in [1.807, 2.05) is 48.5 Å². The van der Waals surface area contributed by atoms with Gasteiger partial charge in [0.1, 0.15) is 11.0 Å². The van der Waals surface area contributed by atoms with Crippen molar-refractivity contribution < 1.29 is 8.83 Å². The molecule has 0 aliphatic heterocycles. The second-order valence-corrected chi connectivity index (χ2v) is 7.28. The number of rotatable bonds is 0. The van der Waals surface area contributed by atoms with Gasteiger partial charge in [-0.3, -0.25) is 0 Å². The zero-order chi connectivity index (χ0) is 20.8. The maximum Gasteiger partial charge on any atom is 0.293 e. The molecule has 4 aromatic carbocycles. The molecule has 6 aromatic rings. The Kier molecular flexibility index (Phi) is 4.06. The molecule has 4 N–H and O–H groups in total. The Morgan fingerprint density at radius 1 is 0.667 bits per heavy atom. The number of aromatic nitrogens is 2. The summed E-state index contributed by atoms with van der Waals surface area (Å²) >= 11 is 0. The number of oxazole rings is 2. The van der Waals surface area contributed by atoms with Crippen LogP contribution in [0.1, 0.15) is 11.1 Å². The normalized spacial score (nSPS) is 11.3. The van der Waals surface area contributed by atoms with E-state index in [0.29, 0.717) is 0 Å². The zero-order valence-corrected chi connectivity index (χ0v) is 16.6. The van der Waals surface area contributed by atoms with E-state index >= 15 is 0 Å². The van der Waals surface area contributed by atoms with Crippen LogP contribution in [0.5, 0.6) is 0 Å². The summed E-state index contributed by atoms with van der Waals surface area (Å²) < 4.78 is 10.7. The third-order valence-corrected chi connectivity index (χ3v) is 5.24. The van der Waals surface area contributed by atoms with Crippen LogP contribution in [-0.4, -0.2) is 9.97 Å². The van der Waals surface area contributed by atoms with Crippen LogP contribution in [0, 0.1) is 13.8 Å². The summed E-state index contributed by atoms with van der Waals surface area (Å²) in [5.74, 6) is 0. The maximum atomic E-state index is 5.55. The monoisotopic (exact) mass is 396 g/mol. The molecule has 6 rings (SSSR count). The first-order chi connectivity index (χ1) is 14.5. The van der Waals surface area contributed by atoms with Gasteiger partial charge in [-0.15, -0.1) is 0 Å². The summed E-state index contributed by atoms with van der Waals surface area (Å²) in [7, 11) is 0. The van der Waals surface area contributed by atoms with Crippen LogP contribution < -0.4 is 11.5 Å². The van der Waals surface area contributed by atoms with Gasteiger partial charge < -0.3 is 20.3 Å². The van der Waals surface area contributed by atoms with Crippen LogP contribution in [0.2, 0.25) is 0 Å². The number of fused-ring (bicyclic) bond motifs is 6. The average Bonchev–Trinajstić information content (AvgIpc) is 3.30. The van der Waals surface area contributed by atoms with Crippen LogP contribution >= 0.6 is 0 Å². The highest BCUT2D eigenvalue weighted by molar-refractivity contribution is 6.06. The lowest BCUT2D eigenvalue weighted by atomic mass is 10.0. The summed E-state index contributed by atoms with van der Waals surface area (Å²) in [6, 6.07) is 20.6. The second kappa shape index (κ2) is 6.77. The minimum atomic E-state index is 0.223. The van der Waals surface area contributed by atoms with Crippen LogP contribution in [-0.2, 0) is 0 Å². The summed E-state index contributed by atoms with van der Waals surface area (Å²) in [5, 5.41) is 4.53. The highest BCUT2D eigenvalue weighted by Crippen LogP contribution is 2.30. The van der Waals surface area contributed by atoms with Crippen LogP contribution in [0.25, 0.3) is 43.7 Å². The molecule has 0 fully saturated rings. The van der Waals surface area contributed by atoms with Crippen LogP contribution in [0.4, 0.5) is 12.0 Å². The molecule has 0 aliphatic rings. The molecule has 30 heavy (non-hydrogen) atoms. The molecular weight excluding hydrogens is 376 g/mol. The van der Waals surface area contributed by atoms with Crippen LogP contribution in [0.3, 0.4) is 0 Å². The second-order valence-electron chi connectivity index (χ2n) is 7.28. The molecule has 0 amide bonds. The molecule has 2 heterocycles. The van der Waals surface area contributed by atoms with Crippen molar-refractivity contribution in [2.45, 2.75) is 13.8 Å². The van der Waals surface area contributed by atoms with Crippen molar-refractivity contribution in [2.24, 2.45) is 0 Å². The number of aryl methyl sites for hydroxylation is 2. The first-order valence-electron chi connectivity index (χ1n) is 9.60. The highest BCUT2D eigenvalue weighted by Gasteiger charge is 2.10. The molecule has 0 radical (unpaired) electrons. The summed E-state index contributed by atoms with van der Waals surface area (Å²) in [6.07, 6.45) is 0. The zero-order valence-electron chi connectivity index (χ0n) is 16.6. The average molecular weight is 396 g/mol. The van der Waals surface area contributed by atoms with Gasteiger partial charge in [-0.05, 0) is 47.9 Å². The fraction of sp³-hybridized carbons (Fsp3) is 0.0833. The van der Waals surface area contributed by atoms with Gasteiger partial charge in [-0.1, -0.05) is 48.5 Å². The van der Waals surface area contributed by atoms with E-state index < -0.39 is 0 Å². The molecule has 148 valence electrons. The SMILES string of the molecule is Cc1cc2nc(N)oc2c2ccccc12.Cc1cc2oc(N)nc2c2ccccc12. The Morgan fingerprint density at radius 2 is 1.23 bits per heavy atom. The molecule has 0 saturated carbocycles. The third kappa shape index (κ3) is 2.90. The van der Waals surface area contributed by atoms with Crippen molar-refractivity contribution >= 4 is 55.8 Å². The minimum Gasteiger partial charge on any atom is -0.424 e. The van der Waals surface area contributed by atoms with E-state index in [-0.39, 0.29) is 12.0 Å². The van der Waals surface area contributed by atoms with Gasteiger partial charge in [0.15, 0.2) is 11.2 Å². The fourth-order valence-corrected chi connectivity index (χ4v) is 3.90. The Morgan fingerprint density at radius 3 is 1.97 bits per heavy atom. The highest BCUT2D eigenvalue weighted by atomic mass is 16.4. The number of nitrogens with two attached hydrogens (primary N) is 2. The van der Waals surface area contributed by atoms with E-state index in [9.17, 15) is 0 Å². The number of hydrogen-bond donors (Lipinski definition) is 2. The summed E-state index contributed by atoms with van der Waals surface area (Å²) in [6.45, 7) is 4.12. The third-order valence-electron chi connectivity index (χ3n) is 5.24. The Balaban J connectivity index is 0.000000128. The van der Waals surface area contributed by atoms with Gasteiger partial charge in [-0.2, -0.15) is 9.97 Å². The fourth-order valence-electron chi connectivity index (χ4n) is 3.90. The Labute approximate surface area is 172 Å². The molecular formula is C24H20N4O2. The number of hydrogen-bond acceptors (Lipinski definition) is 6.